The fraction of sp³-hybridized carbons (Fsp3) is 0.333. The lowest BCUT2D eigenvalue weighted by molar-refractivity contribution is 0.0986. The zero-order chi connectivity index (χ0) is 21.8. The minimum absolute atomic E-state index is 0.191. The Bertz CT molecular complexity index is 1150. The lowest BCUT2D eigenvalue weighted by Crippen LogP contribution is -2.24. The van der Waals surface area contributed by atoms with Gasteiger partial charge < -0.3 is 14.6 Å². The van der Waals surface area contributed by atoms with E-state index in [9.17, 15) is 13.5 Å². The van der Waals surface area contributed by atoms with Crippen molar-refractivity contribution in [2.45, 2.75) is 31.7 Å². The van der Waals surface area contributed by atoms with Crippen molar-refractivity contribution in [2.75, 3.05) is 6.61 Å². The standard InChI is InChI=1S/C21H23N3O6S/c22-31(26,27)29-12-16-8-17(9-19(16)25)30-21-10-20(23-13-24-21)28-11-15-6-3-5-14-4-1-2-7-18(14)15/h1-7,10,13,16-17,19,25H,8-9,11-12H2,(H2,22,26,27)/t16-,17+,19-/m0/s1. The highest BCUT2D eigenvalue weighted by Crippen LogP contribution is 2.30. The fourth-order valence-electron chi connectivity index (χ4n) is 3.72. The number of ether oxygens (including phenoxy) is 2. The number of hydrogen-bond donors (Lipinski definition) is 2. The molecule has 0 amide bonds. The maximum atomic E-state index is 11.0. The molecule has 9 nitrogen and oxygen atoms in total. The number of fused-ring (bicyclic) bond motifs is 1. The summed E-state index contributed by atoms with van der Waals surface area (Å²) in [5, 5.41) is 17.2. The van der Waals surface area contributed by atoms with Crippen LogP contribution in [0.3, 0.4) is 0 Å². The average molecular weight is 445 g/mol. The summed E-state index contributed by atoms with van der Waals surface area (Å²) in [5.41, 5.74) is 1.04. The molecule has 1 fully saturated rings. The van der Waals surface area contributed by atoms with Gasteiger partial charge in [-0.2, -0.15) is 8.42 Å². The molecular weight excluding hydrogens is 422 g/mol. The zero-order valence-electron chi connectivity index (χ0n) is 16.6. The van der Waals surface area contributed by atoms with Crippen LogP contribution in [0.5, 0.6) is 11.8 Å². The Kier molecular flexibility index (Phi) is 6.33. The first-order chi connectivity index (χ1) is 14.9. The van der Waals surface area contributed by atoms with Crippen LogP contribution in [0.2, 0.25) is 0 Å². The molecule has 164 valence electrons. The van der Waals surface area contributed by atoms with Gasteiger partial charge in [0.2, 0.25) is 11.8 Å². The van der Waals surface area contributed by atoms with Crippen LogP contribution in [0.25, 0.3) is 10.8 Å². The topological polar surface area (TPSA) is 134 Å². The van der Waals surface area contributed by atoms with Gasteiger partial charge in [-0.15, -0.1) is 0 Å². The van der Waals surface area contributed by atoms with E-state index < -0.39 is 22.3 Å². The molecule has 31 heavy (non-hydrogen) atoms. The Balaban J connectivity index is 1.36. The summed E-state index contributed by atoms with van der Waals surface area (Å²) in [5.74, 6) is 0.283. The lowest BCUT2D eigenvalue weighted by atomic mass is 10.1. The van der Waals surface area contributed by atoms with E-state index in [2.05, 4.69) is 14.2 Å². The Morgan fingerprint density at radius 3 is 2.68 bits per heavy atom. The van der Waals surface area contributed by atoms with Crippen LogP contribution in [0.1, 0.15) is 18.4 Å². The minimum Gasteiger partial charge on any atom is -0.474 e. The van der Waals surface area contributed by atoms with Crippen molar-refractivity contribution in [3.8, 4) is 11.8 Å². The maximum Gasteiger partial charge on any atom is 0.333 e. The highest BCUT2D eigenvalue weighted by Gasteiger charge is 2.35. The molecule has 1 aliphatic carbocycles. The third kappa shape index (κ3) is 5.67. The molecule has 3 N–H and O–H groups in total. The first-order valence-corrected chi connectivity index (χ1v) is 11.3. The number of nitrogens with zero attached hydrogens (tertiary/aromatic N) is 2. The van der Waals surface area contributed by atoms with Crippen LogP contribution in [-0.2, 0) is 21.1 Å². The summed E-state index contributed by atoms with van der Waals surface area (Å²) >= 11 is 0. The van der Waals surface area contributed by atoms with Gasteiger partial charge in [0.15, 0.2) is 0 Å². The highest BCUT2D eigenvalue weighted by atomic mass is 32.2. The smallest absolute Gasteiger partial charge is 0.333 e. The number of nitrogens with two attached hydrogens (primary N) is 1. The van der Waals surface area contributed by atoms with Gasteiger partial charge in [-0.25, -0.2) is 15.1 Å². The Labute approximate surface area is 180 Å². The van der Waals surface area contributed by atoms with Crippen LogP contribution >= 0.6 is 0 Å². The van der Waals surface area contributed by atoms with E-state index in [-0.39, 0.29) is 12.7 Å². The zero-order valence-corrected chi connectivity index (χ0v) is 17.4. The van der Waals surface area contributed by atoms with Crippen LogP contribution < -0.4 is 14.6 Å². The average Bonchev–Trinajstić information content (AvgIpc) is 3.09. The van der Waals surface area contributed by atoms with E-state index in [1.54, 1.807) is 6.07 Å². The van der Waals surface area contributed by atoms with Gasteiger partial charge in [0, 0.05) is 12.3 Å². The van der Waals surface area contributed by atoms with Crippen LogP contribution in [0.4, 0.5) is 0 Å². The highest BCUT2D eigenvalue weighted by molar-refractivity contribution is 7.84. The van der Waals surface area contributed by atoms with Crippen molar-refractivity contribution in [3.05, 3.63) is 60.4 Å². The summed E-state index contributed by atoms with van der Waals surface area (Å²) in [6, 6.07) is 15.7. The minimum atomic E-state index is -4.05. The molecule has 0 bridgehead atoms. The fourth-order valence-corrected chi connectivity index (χ4v) is 4.08. The molecule has 0 saturated heterocycles. The molecule has 0 radical (unpaired) electrons. The van der Waals surface area contributed by atoms with Gasteiger partial charge in [0.1, 0.15) is 19.0 Å². The van der Waals surface area contributed by atoms with E-state index in [1.165, 1.54) is 6.33 Å². The van der Waals surface area contributed by atoms with E-state index in [0.717, 1.165) is 16.3 Å². The van der Waals surface area contributed by atoms with Gasteiger partial charge in [0.25, 0.3) is 0 Å². The number of rotatable bonds is 8. The van der Waals surface area contributed by atoms with Gasteiger partial charge in [0.05, 0.1) is 18.8 Å². The predicted molar refractivity (Wildman–Crippen MR) is 113 cm³/mol. The molecule has 1 aromatic heterocycles. The molecule has 1 heterocycles. The third-order valence-corrected chi connectivity index (χ3v) is 5.68. The molecule has 4 rings (SSSR count). The van der Waals surface area contributed by atoms with Crippen LogP contribution in [0.15, 0.2) is 54.9 Å². The Morgan fingerprint density at radius 1 is 1.06 bits per heavy atom. The largest absolute Gasteiger partial charge is 0.474 e. The molecule has 3 aromatic rings. The van der Waals surface area contributed by atoms with Crippen molar-refractivity contribution in [2.24, 2.45) is 11.1 Å². The predicted octanol–water partition coefficient (Wildman–Crippen LogP) is 1.95. The molecule has 10 heteroatoms. The second-order valence-corrected chi connectivity index (χ2v) is 8.66. The van der Waals surface area contributed by atoms with Crippen molar-refractivity contribution in [3.63, 3.8) is 0 Å². The third-order valence-electron chi connectivity index (χ3n) is 5.22. The number of hydrogen-bond acceptors (Lipinski definition) is 8. The quantitative estimate of drug-likeness (QED) is 0.537. The molecule has 1 saturated carbocycles. The molecule has 0 spiro atoms. The molecule has 1 aliphatic rings. The van der Waals surface area contributed by atoms with Crippen molar-refractivity contribution in [1.82, 2.24) is 9.97 Å². The summed E-state index contributed by atoms with van der Waals surface area (Å²) in [6.07, 6.45) is 0.989. The number of aliphatic hydroxyl groups excluding tert-OH is 1. The molecule has 2 aromatic carbocycles. The van der Waals surface area contributed by atoms with E-state index >= 15 is 0 Å². The van der Waals surface area contributed by atoms with Gasteiger partial charge in [-0.05, 0) is 22.8 Å². The molecule has 0 unspecified atom stereocenters. The summed E-state index contributed by atoms with van der Waals surface area (Å²) in [6.45, 7) is 0.149. The first-order valence-electron chi connectivity index (χ1n) is 9.81. The van der Waals surface area contributed by atoms with Gasteiger partial charge >= 0.3 is 10.3 Å². The lowest BCUT2D eigenvalue weighted by Gasteiger charge is -2.14. The van der Waals surface area contributed by atoms with Crippen LogP contribution in [0, 0.1) is 5.92 Å². The van der Waals surface area contributed by atoms with Gasteiger partial charge in [-0.3, -0.25) is 4.18 Å². The number of aliphatic hydroxyl groups is 1. The van der Waals surface area contributed by atoms with E-state index in [1.807, 2.05) is 42.5 Å². The Morgan fingerprint density at radius 2 is 1.84 bits per heavy atom. The van der Waals surface area contributed by atoms with E-state index in [0.29, 0.717) is 31.2 Å². The number of benzene rings is 2. The van der Waals surface area contributed by atoms with Crippen molar-refractivity contribution < 1.29 is 27.2 Å². The summed E-state index contributed by atoms with van der Waals surface area (Å²) in [7, 11) is -4.05. The molecular formula is C21H23N3O6S. The second-order valence-electron chi connectivity index (χ2n) is 7.44. The monoisotopic (exact) mass is 445 g/mol. The van der Waals surface area contributed by atoms with Crippen molar-refractivity contribution >= 4 is 21.1 Å². The second kappa shape index (κ2) is 9.15. The van der Waals surface area contributed by atoms with E-state index in [4.69, 9.17) is 14.6 Å². The summed E-state index contributed by atoms with van der Waals surface area (Å²) < 4.78 is 38.2. The summed E-state index contributed by atoms with van der Waals surface area (Å²) in [4.78, 5) is 8.23. The van der Waals surface area contributed by atoms with Crippen molar-refractivity contribution in [1.29, 1.82) is 0 Å². The van der Waals surface area contributed by atoms with Gasteiger partial charge in [-0.1, -0.05) is 42.5 Å². The SMILES string of the molecule is NS(=O)(=O)OC[C@@H]1C[C@@H](Oc2cc(OCc3cccc4ccccc34)ncn2)C[C@@H]1O. The molecule has 3 atom stereocenters. The normalized spacial score (nSPS) is 21.3. The van der Waals surface area contributed by atoms with Crippen LogP contribution in [-0.4, -0.2) is 42.3 Å². The first kappa shape index (κ1) is 21.4. The maximum absolute atomic E-state index is 11.0. The molecule has 0 aliphatic heterocycles. The Hall–Kier alpha value is -2.79. The number of aromatic nitrogens is 2.